The van der Waals surface area contributed by atoms with Gasteiger partial charge in [-0.3, -0.25) is 9.71 Å². The number of nitrogens with one attached hydrogen (secondary N) is 1. The Balaban J connectivity index is 2.81. The lowest BCUT2D eigenvalue weighted by Gasteiger charge is -2.19. The van der Waals surface area contributed by atoms with Crippen molar-refractivity contribution in [3.05, 3.63) is 29.8 Å². The van der Waals surface area contributed by atoms with Crippen LogP contribution in [0.5, 0.6) is 0 Å². The quantitative estimate of drug-likeness (QED) is 0.439. The molecule has 0 radical (unpaired) electrons. The maximum atomic E-state index is 12.0. The standard InChI is InChI=1S/C12H19N3O3S/c1-15(19(16,17)9-3-8-18-2)11-6-4-10(5-7-11)12(13)14/h4-7H,3,8-9H2,1-2H3,(H3,13,14). The van der Waals surface area contributed by atoms with E-state index >= 15 is 0 Å². The van der Waals surface area contributed by atoms with E-state index in [1.807, 2.05) is 0 Å². The molecular weight excluding hydrogens is 266 g/mol. The minimum atomic E-state index is -3.35. The molecule has 7 heteroatoms. The molecule has 1 rings (SSSR count). The number of rotatable bonds is 7. The van der Waals surface area contributed by atoms with E-state index in [1.165, 1.54) is 18.5 Å². The number of sulfonamides is 1. The molecule has 1 aromatic rings. The van der Waals surface area contributed by atoms with Crippen LogP contribution < -0.4 is 10.0 Å². The Morgan fingerprint density at radius 2 is 1.95 bits per heavy atom. The van der Waals surface area contributed by atoms with Crippen molar-refractivity contribution in [3.63, 3.8) is 0 Å². The minimum absolute atomic E-state index is 0.0335. The van der Waals surface area contributed by atoms with Crippen molar-refractivity contribution in [1.82, 2.24) is 0 Å². The van der Waals surface area contributed by atoms with Crippen LogP contribution in [0.1, 0.15) is 12.0 Å². The fourth-order valence-corrected chi connectivity index (χ4v) is 2.73. The van der Waals surface area contributed by atoms with E-state index in [4.69, 9.17) is 15.9 Å². The average molecular weight is 285 g/mol. The van der Waals surface area contributed by atoms with Crippen LogP contribution in [0.2, 0.25) is 0 Å². The Kier molecular flexibility index (Phi) is 5.31. The first-order chi connectivity index (χ1) is 8.88. The van der Waals surface area contributed by atoms with Gasteiger partial charge in [0.05, 0.1) is 11.4 Å². The normalized spacial score (nSPS) is 11.3. The number of anilines is 1. The molecule has 0 spiro atoms. The number of ether oxygens (including phenoxy) is 1. The smallest absolute Gasteiger partial charge is 0.234 e. The van der Waals surface area contributed by atoms with Gasteiger partial charge >= 0.3 is 0 Å². The Labute approximate surface area is 113 Å². The van der Waals surface area contributed by atoms with Gasteiger partial charge < -0.3 is 10.5 Å². The monoisotopic (exact) mass is 285 g/mol. The summed E-state index contributed by atoms with van der Waals surface area (Å²) in [6, 6.07) is 6.51. The van der Waals surface area contributed by atoms with Crippen LogP contribution >= 0.6 is 0 Å². The molecule has 0 atom stereocenters. The first-order valence-corrected chi connectivity index (χ1v) is 7.39. The third-order valence-electron chi connectivity index (χ3n) is 2.71. The number of benzene rings is 1. The number of hydrogen-bond acceptors (Lipinski definition) is 4. The van der Waals surface area contributed by atoms with Gasteiger partial charge in [-0.25, -0.2) is 8.42 Å². The highest BCUT2D eigenvalue weighted by Crippen LogP contribution is 2.17. The van der Waals surface area contributed by atoms with Crippen LogP contribution in [-0.4, -0.2) is 40.8 Å². The van der Waals surface area contributed by atoms with Gasteiger partial charge in [-0.05, 0) is 30.7 Å². The Morgan fingerprint density at radius 1 is 1.37 bits per heavy atom. The third-order valence-corrected chi connectivity index (χ3v) is 4.56. The summed E-state index contributed by atoms with van der Waals surface area (Å²) < 4.78 is 30.1. The average Bonchev–Trinajstić information content (AvgIpc) is 2.38. The summed E-state index contributed by atoms with van der Waals surface area (Å²) in [7, 11) is -0.307. The second kappa shape index (κ2) is 6.53. The largest absolute Gasteiger partial charge is 0.385 e. The molecule has 0 aromatic heterocycles. The summed E-state index contributed by atoms with van der Waals surface area (Å²) in [4.78, 5) is 0. The molecule has 0 fully saturated rings. The van der Waals surface area contributed by atoms with Gasteiger partial charge in [0.2, 0.25) is 10.0 Å². The maximum absolute atomic E-state index is 12.0. The molecule has 3 N–H and O–H groups in total. The van der Waals surface area contributed by atoms with E-state index in [0.29, 0.717) is 24.3 Å². The number of hydrogen-bond donors (Lipinski definition) is 2. The van der Waals surface area contributed by atoms with Crippen LogP contribution in [0.4, 0.5) is 5.69 Å². The lowest BCUT2D eigenvalue weighted by atomic mass is 10.2. The molecule has 0 bridgehead atoms. The lowest BCUT2D eigenvalue weighted by molar-refractivity contribution is 0.199. The van der Waals surface area contributed by atoms with E-state index in [1.54, 1.807) is 24.3 Å². The van der Waals surface area contributed by atoms with E-state index in [2.05, 4.69) is 0 Å². The SMILES string of the molecule is COCCCS(=O)(=O)N(C)c1ccc(C(=N)N)cc1. The fourth-order valence-electron chi connectivity index (χ4n) is 1.53. The Bertz CT molecular complexity index is 526. The van der Waals surface area contributed by atoms with Crippen LogP contribution in [0, 0.1) is 5.41 Å². The lowest BCUT2D eigenvalue weighted by Crippen LogP contribution is -2.29. The van der Waals surface area contributed by atoms with Crippen molar-refractivity contribution in [1.29, 1.82) is 5.41 Å². The zero-order valence-electron chi connectivity index (χ0n) is 11.1. The number of amidine groups is 1. The Morgan fingerprint density at radius 3 is 2.42 bits per heavy atom. The highest BCUT2D eigenvalue weighted by molar-refractivity contribution is 7.92. The van der Waals surface area contributed by atoms with Crippen LogP contribution in [-0.2, 0) is 14.8 Å². The molecule has 19 heavy (non-hydrogen) atoms. The molecule has 0 aliphatic rings. The summed E-state index contributed by atoms with van der Waals surface area (Å²) in [5, 5.41) is 7.28. The van der Waals surface area contributed by atoms with E-state index in [-0.39, 0.29) is 11.6 Å². The topological polar surface area (TPSA) is 96.5 Å². The minimum Gasteiger partial charge on any atom is -0.385 e. The highest BCUT2D eigenvalue weighted by Gasteiger charge is 2.17. The molecule has 0 amide bonds. The number of nitrogen functional groups attached to an aromatic ring is 1. The molecule has 1 aromatic carbocycles. The molecule has 0 heterocycles. The number of methoxy groups -OCH3 is 1. The van der Waals surface area contributed by atoms with Gasteiger partial charge in [-0.2, -0.15) is 0 Å². The van der Waals surface area contributed by atoms with Gasteiger partial charge in [-0.15, -0.1) is 0 Å². The third kappa shape index (κ3) is 4.22. The predicted octanol–water partition coefficient (Wildman–Crippen LogP) is 0.773. The second-order valence-corrected chi connectivity index (χ2v) is 6.21. The van der Waals surface area contributed by atoms with Crippen molar-refractivity contribution in [2.24, 2.45) is 5.73 Å². The predicted molar refractivity (Wildman–Crippen MR) is 76.1 cm³/mol. The summed E-state index contributed by atoms with van der Waals surface area (Å²) in [5.41, 5.74) is 6.45. The van der Waals surface area contributed by atoms with E-state index < -0.39 is 10.0 Å². The number of nitrogens with zero attached hydrogens (tertiary/aromatic N) is 1. The number of nitrogens with two attached hydrogens (primary N) is 1. The van der Waals surface area contributed by atoms with Crippen molar-refractivity contribution in [2.75, 3.05) is 30.8 Å². The summed E-state index contributed by atoms with van der Waals surface area (Å²) in [5.74, 6) is -0.0108. The van der Waals surface area contributed by atoms with Gasteiger partial charge in [-0.1, -0.05) is 0 Å². The summed E-state index contributed by atoms with van der Waals surface area (Å²) in [6.07, 6.45) is 0.453. The van der Waals surface area contributed by atoms with Gasteiger partial charge in [0, 0.05) is 26.3 Å². The molecule has 0 saturated carbocycles. The van der Waals surface area contributed by atoms with Crippen molar-refractivity contribution in [3.8, 4) is 0 Å². The first kappa shape index (κ1) is 15.5. The molecule has 0 aliphatic heterocycles. The van der Waals surface area contributed by atoms with Crippen LogP contribution in [0.15, 0.2) is 24.3 Å². The van der Waals surface area contributed by atoms with Gasteiger partial charge in [0.1, 0.15) is 5.84 Å². The molecule has 0 saturated heterocycles. The molecule has 0 unspecified atom stereocenters. The fraction of sp³-hybridized carbons (Fsp3) is 0.417. The van der Waals surface area contributed by atoms with Crippen molar-refractivity contribution in [2.45, 2.75) is 6.42 Å². The molecule has 0 aliphatic carbocycles. The van der Waals surface area contributed by atoms with Crippen molar-refractivity contribution >= 4 is 21.5 Å². The zero-order chi connectivity index (χ0) is 14.5. The summed E-state index contributed by atoms with van der Waals surface area (Å²) in [6.45, 7) is 0.413. The van der Waals surface area contributed by atoms with Gasteiger partial charge in [0.25, 0.3) is 0 Å². The molecular formula is C12H19N3O3S. The zero-order valence-corrected chi connectivity index (χ0v) is 11.9. The van der Waals surface area contributed by atoms with E-state index in [9.17, 15) is 8.42 Å². The Hall–Kier alpha value is -1.60. The van der Waals surface area contributed by atoms with Gasteiger partial charge in [0.15, 0.2) is 0 Å². The van der Waals surface area contributed by atoms with Crippen LogP contribution in [0.3, 0.4) is 0 Å². The van der Waals surface area contributed by atoms with Crippen molar-refractivity contribution < 1.29 is 13.2 Å². The van der Waals surface area contributed by atoms with Crippen LogP contribution in [0.25, 0.3) is 0 Å². The second-order valence-electron chi connectivity index (χ2n) is 4.09. The molecule has 106 valence electrons. The summed E-state index contributed by atoms with van der Waals surface area (Å²) >= 11 is 0. The molecule has 6 nitrogen and oxygen atoms in total. The van der Waals surface area contributed by atoms with E-state index in [0.717, 1.165) is 0 Å². The maximum Gasteiger partial charge on any atom is 0.234 e. The first-order valence-electron chi connectivity index (χ1n) is 5.78. The highest BCUT2D eigenvalue weighted by atomic mass is 32.2.